The van der Waals surface area contributed by atoms with Gasteiger partial charge in [-0.25, -0.2) is 0 Å². The van der Waals surface area contributed by atoms with Gasteiger partial charge in [0.1, 0.15) is 13.2 Å². The molecule has 6 heteroatoms. The molecular weight excluding hydrogens is 260 g/mol. The number of carbonyl (C=O) groups is 1. The van der Waals surface area contributed by atoms with Crippen molar-refractivity contribution in [2.45, 2.75) is 19.5 Å². The van der Waals surface area contributed by atoms with Gasteiger partial charge < -0.3 is 24.8 Å². The first-order valence-corrected chi connectivity index (χ1v) is 6.57. The van der Waals surface area contributed by atoms with E-state index in [4.69, 9.17) is 14.2 Å². The van der Waals surface area contributed by atoms with Crippen LogP contribution in [0.15, 0.2) is 12.1 Å². The zero-order chi connectivity index (χ0) is 14.5. The summed E-state index contributed by atoms with van der Waals surface area (Å²) < 4.78 is 16.4. The molecule has 1 atom stereocenters. The number of benzene rings is 1. The number of rotatable bonds is 5. The zero-order valence-electron chi connectivity index (χ0n) is 12.0. The highest BCUT2D eigenvalue weighted by atomic mass is 16.6. The molecule has 0 saturated heterocycles. The fraction of sp³-hybridized carbons (Fsp3) is 0.500. The Morgan fingerprint density at radius 2 is 2.15 bits per heavy atom. The maximum Gasteiger partial charge on any atom is 0.236 e. The van der Waals surface area contributed by atoms with Crippen molar-refractivity contribution in [3.05, 3.63) is 17.7 Å². The summed E-state index contributed by atoms with van der Waals surface area (Å²) in [7, 11) is 3.21. The number of ether oxygens (including phenoxy) is 3. The Balaban J connectivity index is 2.10. The van der Waals surface area contributed by atoms with Crippen LogP contribution < -0.4 is 24.8 Å². The van der Waals surface area contributed by atoms with Gasteiger partial charge in [0.2, 0.25) is 11.7 Å². The molecule has 1 aromatic rings. The van der Waals surface area contributed by atoms with E-state index in [0.29, 0.717) is 37.0 Å². The highest BCUT2D eigenvalue weighted by Gasteiger charge is 2.19. The first-order chi connectivity index (χ1) is 9.65. The number of fused-ring (bicyclic) bond motifs is 1. The van der Waals surface area contributed by atoms with Gasteiger partial charge in [-0.1, -0.05) is 0 Å². The molecule has 0 fully saturated rings. The first-order valence-electron chi connectivity index (χ1n) is 6.57. The van der Waals surface area contributed by atoms with Crippen LogP contribution in [0.1, 0.15) is 12.5 Å². The van der Waals surface area contributed by atoms with Gasteiger partial charge in [-0.15, -0.1) is 0 Å². The van der Waals surface area contributed by atoms with Crippen LogP contribution in [-0.2, 0) is 11.3 Å². The maximum atomic E-state index is 11.4. The molecule has 1 aromatic carbocycles. The minimum Gasteiger partial charge on any atom is -0.493 e. The molecule has 1 unspecified atom stereocenters. The Morgan fingerprint density at radius 1 is 1.40 bits per heavy atom. The second-order valence-electron chi connectivity index (χ2n) is 4.54. The summed E-state index contributed by atoms with van der Waals surface area (Å²) in [4.78, 5) is 11.4. The average molecular weight is 280 g/mol. The normalized spacial score (nSPS) is 14.6. The number of hydrogen-bond acceptors (Lipinski definition) is 5. The van der Waals surface area contributed by atoms with Crippen LogP contribution >= 0.6 is 0 Å². The SMILES string of the molecule is CNC(=O)C(C)NCc1cc(OC)c2c(c1)OCCO2. The molecule has 2 rings (SSSR count). The van der Waals surface area contributed by atoms with Crippen LogP contribution in [0, 0.1) is 0 Å². The Hall–Kier alpha value is -1.95. The number of methoxy groups -OCH3 is 1. The van der Waals surface area contributed by atoms with E-state index in [-0.39, 0.29) is 11.9 Å². The summed E-state index contributed by atoms with van der Waals surface area (Å²) in [5.74, 6) is 1.92. The summed E-state index contributed by atoms with van der Waals surface area (Å²) >= 11 is 0. The van der Waals surface area contributed by atoms with E-state index in [1.807, 2.05) is 19.1 Å². The number of amides is 1. The fourth-order valence-corrected chi connectivity index (χ4v) is 2.01. The third-order valence-electron chi connectivity index (χ3n) is 3.14. The van der Waals surface area contributed by atoms with Crippen molar-refractivity contribution in [1.29, 1.82) is 0 Å². The molecule has 0 radical (unpaired) electrons. The number of hydrogen-bond donors (Lipinski definition) is 2. The third-order valence-corrected chi connectivity index (χ3v) is 3.14. The summed E-state index contributed by atoms with van der Waals surface area (Å²) in [6.45, 7) is 3.41. The van der Waals surface area contributed by atoms with Crippen molar-refractivity contribution in [3.63, 3.8) is 0 Å². The van der Waals surface area contributed by atoms with Gasteiger partial charge in [-0.2, -0.15) is 0 Å². The Labute approximate surface area is 118 Å². The van der Waals surface area contributed by atoms with Gasteiger partial charge >= 0.3 is 0 Å². The van der Waals surface area contributed by atoms with Crippen LogP contribution in [0.5, 0.6) is 17.2 Å². The van der Waals surface area contributed by atoms with Crippen molar-refractivity contribution in [3.8, 4) is 17.2 Å². The number of nitrogens with one attached hydrogen (secondary N) is 2. The van der Waals surface area contributed by atoms with Crippen molar-refractivity contribution in [1.82, 2.24) is 10.6 Å². The predicted molar refractivity (Wildman–Crippen MR) is 74.4 cm³/mol. The van der Waals surface area contributed by atoms with E-state index in [9.17, 15) is 4.79 Å². The first kappa shape index (κ1) is 14.5. The van der Waals surface area contributed by atoms with Gasteiger partial charge in [-0.05, 0) is 24.6 Å². The molecule has 1 amide bonds. The standard InChI is InChI=1S/C14H20N2O4/c1-9(14(17)15-2)16-8-10-6-11(18-3)13-12(7-10)19-4-5-20-13/h6-7,9,16H,4-5,8H2,1-3H3,(H,15,17). The van der Waals surface area contributed by atoms with E-state index in [1.165, 1.54) is 0 Å². The van der Waals surface area contributed by atoms with E-state index in [1.54, 1.807) is 14.2 Å². The summed E-state index contributed by atoms with van der Waals surface area (Å²) in [5.41, 5.74) is 0.974. The third kappa shape index (κ3) is 3.14. The van der Waals surface area contributed by atoms with E-state index in [2.05, 4.69) is 10.6 Å². The van der Waals surface area contributed by atoms with Gasteiger partial charge in [0.05, 0.1) is 13.2 Å². The Kier molecular flexibility index (Phi) is 4.68. The average Bonchev–Trinajstić information content (AvgIpc) is 2.50. The van der Waals surface area contributed by atoms with E-state index >= 15 is 0 Å². The quantitative estimate of drug-likeness (QED) is 0.830. The van der Waals surface area contributed by atoms with Crippen LogP contribution in [-0.4, -0.2) is 39.3 Å². The topological polar surface area (TPSA) is 68.8 Å². The molecule has 0 aliphatic carbocycles. The molecule has 2 N–H and O–H groups in total. The van der Waals surface area contributed by atoms with Crippen LogP contribution in [0.2, 0.25) is 0 Å². The predicted octanol–water partition coefficient (Wildman–Crippen LogP) is 0.690. The molecule has 0 aromatic heterocycles. The van der Waals surface area contributed by atoms with Crippen molar-refractivity contribution in [2.24, 2.45) is 0 Å². The number of carbonyl (C=O) groups excluding carboxylic acids is 1. The lowest BCUT2D eigenvalue weighted by atomic mass is 10.1. The van der Waals surface area contributed by atoms with Crippen LogP contribution in [0.25, 0.3) is 0 Å². The van der Waals surface area contributed by atoms with Gasteiger partial charge in [-0.3, -0.25) is 4.79 Å². The Bertz CT molecular complexity index is 473. The second-order valence-corrected chi connectivity index (χ2v) is 4.54. The number of likely N-dealkylation sites (N-methyl/N-ethyl adjacent to an activating group) is 1. The molecule has 1 heterocycles. The summed E-state index contributed by atoms with van der Waals surface area (Å²) in [5, 5.41) is 5.75. The van der Waals surface area contributed by atoms with Crippen LogP contribution in [0.4, 0.5) is 0 Å². The second kappa shape index (κ2) is 6.47. The minimum atomic E-state index is -0.265. The lowest BCUT2D eigenvalue weighted by Crippen LogP contribution is -2.40. The van der Waals surface area contributed by atoms with Crippen molar-refractivity contribution >= 4 is 5.91 Å². The van der Waals surface area contributed by atoms with Gasteiger partial charge in [0.25, 0.3) is 0 Å². The van der Waals surface area contributed by atoms with Crippen LogP contribution in [0.3, 0.4) is 0 Å². The molecule has 0 spiro atoms. The lowest BCUT2D eigenvalue weighted by Gasteiger charge is -2.22. The molecule has 0 bridgehead atoms. The molecule has 20 heavy (non-hydrogen) atoms. The smallest absolute Gasteiger partial charge is 0.236 e. The molecular formula is C14H20N2O4. The summed E-state index contributed by atoms with van der Waals surface area (Å²) in [6.07, 6.45) is 0. The maximum absolute atomic E-state index is 11.4. The van der Waals surface area contributed by atoms with Gasteiger partial charge in [0.15, 0.2) is 11.5 Å². The minimum absolute atomic E-state index is 0.0468. The fourth-order valence-electron chi connectivity index (χ4n) is 2.01. The molecule has 1 aliphatic heterocycles. The molecule has 1 aliphatic rings. The molecule has 0 saturated carbocycles. The lowest BCUT2D eigenvalue weighted by molar-refractivity contribution is -0.122. The molecule has 110 valence electrons. The summed E-state index contributed by atoms with van der Waals surface area (Å²) in [6, 6.07) is 3.52. The molecule has 6 nitrogen and oxygen atoms in total. The van der Waals surface area contributed by atoms with Crippen molar-refractivity contribution in [2.75, 3.05) is 27.4 Å². The largest absolute Gasteiger partial charge is 0.493 e. The zero-order valence-corrected chi connectivity index (χ0v) is 12.0. The highest BCUT2D eigenvalue weighted by molar-refractivity contribution is 5.80. The van der Waals surface area contributed by atoms with Gasteiger partial charge in [0, 0.05) is 13.6 Å². The van der Waals surface area contributed by atoms with Crippen molar-refractivity contribution < 1.29 is 19.0 Å². The van der Waals surface area contributed by atoms with E-state index < -0.39 is 0 Å². The Morgan fingerprint density at radius 3 is 2.85 bits per heavy atom. The monoisotopic (exact) mass is 280 g/mol. The van der Waals surface area contributed by atoms with E-state index in [0.717, 1.165) is 5.56 Å². The highest BCUT2D eigenvalue weighted by Crippen LogP contribution is 2.40.